The third-order valence-corrected chi connectivity index (χ3v) is 3.28. The Morgan fingerprint density at radius 3 is 2.48 bits per heavy atom. The molecule has 0 heterocycles. The molecule has 0 saturated heterocycles. The largest absolute Gasteiger partial charge is 0.497 e. The number of rotatable bonds is 5. The first-order valence-electron chi connectivity index (χ1n) is 6.52. The highest BCUT2D eigenvalue weighted by atomic mass is 19.1. The van der Waals surface area contributed by atoms with Crippen molar-refractivity contribution in [1.29, 1.82) is 0 Å². The molecule has 0 radical (unpaired) electrons. The van der Waals surface area contributed by atoms with Gasteiger partial charge in [0.05, 0.1) is 7.11 Å². The van der Waals surface area contributed by atoms with Crippen LogP contribution in [0, 0.1) is 17.5 Å². The molecule has 2 aromatic carbocycles. The van der Waals surface area contributed by atoms with Crippen LogP contribution in [0.2, 0.25) is 0 Å². The van der Waals surface area contributed by atoms with Gasteiger partial charge in [0.2, 0.25) is 0 Å². The Balaban J connectivity index is 2.08. The minimum atomic E-state index is -0.503. The van der Waals surface area contributed by atoms with Crippen molar-refractivity contribution in [3.63, 3.8) is 0 Å². The Hall–Kier alpha value is -2.01. The number of benzene rings is 2. The van der Waals surface area contributed by atoms with E-state index in [0.29, 0.717) is 11.3 Å². The number of ether oxygens (including phenoxy) is 1. The topological polar surface area (TPSA) is 21.3 Å². The molecule has 1 unspecified atom stereocenters. The lowest BCUT2D eigenvalue weighted by atomic mass is 10.1. The molecule has 1 atom stereocenters. The monoisotopic (exact) mass is 295 g/mol. The van der Waals surface area contributed by atoms with Crippen LogP contribution in [0.15, 0.2) is 36.4 Å². The van der Waals surface area contributed by atoms with E-state index >= 15 is 0 Å². The number of hydrogen-bond acceptors (Lipinski definition) is 2. The van der Waals surface area contributed by atoms with Gasteiger partial charge in [0.1, 0.15) is 23.2 Å². The maximum Gasteiger partial charge on any atom is 0.131 e. The minimum Gasteiger partial charge on any atom is -0.497 e. The number of nitrogens with one attached hydrogen (secondary N) is 1. The van der Waals surface area contributed by atoms with Gasteiger partial charge in [-0.25, -0.2) is 13.2 Å². The number of halogens is 3. The molecule has 21 heavy (non-hydrogen) atoms. The van der Waals surface area contributed by atoms with Gasteiger partial charge in [0.25, 0.3) is 0 Å². The van der Waals surface area contributed by atoms with E-state index in [1.54, 1.807) is 19.1 Å². The van der Waals surface area contributed by atoms with Crippen molar-refractivity contribution in [3.8, 4) is 5.75 Å². The van der Waals surface area contributed by atoms with Crippen LogP contribution in [0.25, 0.3) is 0 Å². The van der Waals surface area contributed by atoms with Crippen molar-refractivity contribution in [1.82, 2.24) is 5.32 Å². The second-order valence-electron chi connectivity index (χ2n) is 4.73. The Labute approximate surface area is 121 Å². The van der Waals surface area contributed by atoms with Crippen molar-refractivity contribution in [3.05, 3.63) is 65.0 Å². The first kappa shape index (κ1) is 15.4. The van der Waals surface area contributed by atoms with Crippen molar-refractivity contribution in [2.75, 3.05) is 7.11 Å². The summed E-state index contributed by atoms with van der Waals surface area (Å²) in [5.41, 5.74) is 0.642. The summed E-state index contributed by atoms with van der Waals surface area (Å²) in [6, 6.07) is 7.46. The van der Waals surface area contributed by atoms with E-state index in [1.807, 2.05) is 0 Å². The molecule has 0 fully saturated rings. The minimum absolute atomic E-state index is 0.107. The molecule has 0 aromatic heterocycles. The predicted molar refractivity (Wildman–Crippen MR) is 74.6 cm³/mol. The van der Waals surface area contributed by atoms with Crippen molar-refractivity contribution in [2.24, 2.45) is 0 Å². The molecule has 0 aliphatic carbocycles. The molecular formula is C16H16F3NO. The predicted octanol–water partition coefficient (Wildman–Crippen LogP) is 3.96. The molecular weight excluding hydrogens is 279 g/mol. The fourth-order valence-corrected chi connectivity index (χ4v) is 2.04. The molecule has 1 N–H and O–H groups in total. The third kappa shape index (κ3) is 3.76. The Morgan fingerprint density at radius 2 is 1.81 bits per heavy atom. The maximum absolute atomic E-state index is 13.9. The maximum atomic E-state index is 13.9. The van der Waals surface area contributed by atoms with Crippen LogP contribution in [-0.2, 0) is 6.54 Å². The lowest BCUT2D eigenvalue weighted by Gasteiger charge is -2.16. The van der Waals surface area contributed by atoms with Gasteiger partial charge in [-0.2, -0.15) is 0 Å². The molecule has 2 aromatic rings. The summed E-state index contributed by atoms with van der Waals surface area (Å²) in [7, 11) is 1.46. The fourth-order valence-electron chi connectivity index (χ4n) is 2.04. The summed E-state index contributed by atoms with van der Waals surface area (Å²) in [5, 5.41) is 2.97. The van der Waals surface area contributed by atoms with Gasteiger partial charge < -0.3 is 10.1 Å². The van der Waals surface area contributed by atoms with E-state index in [4.69, 9.17) is 4.74 Å². The third-order valence-electron chi connectivity index (χ3n) is 3.28. The van der Waals surface area contributed by atoms with Gasteiger partial charge >= 0.3 is 0 Å². The van der Waals surface area contributed by atoms with Gasteiger partial charge in [-0.15, -0.1) is 0 Å². The van der Waals surface area contributed by atoms with Gasteiger partial charge in [0, 0.05) is 29.8 Å². The molecule has 0 aliphatic rings. The van der Waals surface area contributed by atoms with Gasteiger partial charge in [-0.1, -0.05) is 6.07 Å². The smallest absolute Gasteiger partial charge is 0.131 e. The molecule has 0 spiro atoms. The van der Waals surface area contributed by atoms with Crippen LogP contribution >= 0.6 is 0 Å². The summed E-state index contributed by atoms with van der Waals surface area (Å²) >= 11 is 0. The molecule has 0 amide bonds. The highest BCUT2D eigenvalue weighted by Gasteiger charge is 2.12. The lowest BCUT2D eigenvalue weighted by Crippen LogP contribution is -2.20. The summed E-state index contributed by atoms with van der Waals surface area (Å²) in [4.78, 5) is 0. The zero-order chi connectivity index (χ0) is 15.4. The van der Waals surface area contributed by atoms with Gasteiger partial charge in [0.15, 0.2) is 0 Å². The number of hydrogen-bond donors (Lipinski definition) is 1. The van der Waals surface area contributed by atoms with Crippen LogP contribution in [0.4, 0.5) is 13.2 Å². The average Bonchev–Trinajstić information content (AvgIpc) is 2.47. The molecule has 0 aliphatic heterocycles. The summed E-state index contributed by atoms with van der Waals surface area (Å²) in [6.07, 6.45) is 0. The zero-order valence-electron chi connectivity index (χ0n) is 11.8. The highest BCUT2D eigenvalue weighted by Crippen LogP contribution is 2.22. The van der Waals surface area contributed by atoms with E-state index in [2.05, 4.69) is 5.32 Å². The summed E-state index contributed by atoms with van der Waals surface area (Å²) in [5.74, 6) is -0.975. The van der Waals surface area contributed by atoms with E-state index < -0.39 is 17.5 Å². The molecule has 0 bridgehead atoms. The van der Waals surface area contributed by atoms with Crippen LogP contribution in [-0.4, -0.2) is 7.11 Å². The highest BCUT2D eigenvalue weighted by molar-refractivity contribution is 5.30. The summed E-state index contributed by atoms with van der Waals surface area (Å²) in [6.45, 7) is 1.86. The Bertz CT molecular complexity index is 631. The van der Waals surface area contributed by atoms with Crippen molar-refractivity contribution < 1.29 is 17.9 Å². The average molecular weight is 295 g/mol. The van der Waals surface area contributed by atoms with Gasteiger partial charge in [-0.3, -0.25) is 0 Å². The number of methoxy groups -OCH3 is 1. The van der Waals surface area contributed by atoms with Crippen LogP contribution in [0.3, 0.4) is 0 Å². The lowest BCUT2D eigenvalue weighted by molar-refractivity contribution is 0.409. The van der Waals surface area contributed by atoms with E-state index in [0.717, 1.165) is 18.2 Å². The van der Waals surface area contributed by atoms with E-state index in [1.165, 1.54) is 13.2 Å². The van der Waals surface area contributed by atoms with Crippen LogP contribution < -0.4 is 10.1 Å². The molecule has 2 nitrogen and oxygen atoms in total. The first-order valence-corrected chi connectivity index (χ1v) is 6.52. The Kier molecular flexibility index (Phi) is 4.85. The normalized spacial score (nSPS) is 12.2. The molecule has 5 heteroatoms. The van der Waals surface area contributed by atoms with Crippen molar-refractivity contribution >= 4 is 0 Å². The summed E-state index contributed by atoms with van der Waals surface area (Å²) < 4.78 is 45.4. The standard InChI is InChI=1S/C16H16F3NO/c1-10(14-5-4-13(21-2)8-16(14)19)20-9-11-7-12(17)3-6-15(11)18/h3-8,10,20H,9H2,1-2H3. The van der Waals surface area contributed by atoms with Crippen LogP contribution in [0.5, 0.6) is 5.75 Å². The quantitative estimate of drug-likeness (QED) is 0.901. The second-order valence-corrected chi connectivity index (χ2v) is 4.73. The zero-order valence-corrected chi connectivity index (χ0v) is 11.8. The molecule has 0 saturated carbocycles. The molecule has 112 valence electrons. The first-order chi connectivity index (χ1) is 10.0. The van der Waals surface area contributed by atoms with Gasteiger partial charge in [-0.05, 0) is 31.2 Å². The second kappa shape index (κ2) is 6.63. The SMILES string of the molecule is COc1ccc(C(C)NCc2cc(F)ccc2F)c(F)c1. The van der Waals surface area contributed by atoms with E-state index in [-0.39, 0.29) is 18.2 Å². The van der Waals surface area contributed by atoms with E-state index in [9.17, 15) is 13.2 Å². The van der Waals surface area contributed by atoms with Crippen LogP contribution in [0.1, 0.15) is 24.1 Å². The Morgan fingerprint density at radius 1 is 1.05 bits per heavy atom. The fraction of sp³-hybridized carbons (Fsp3) is 0.250. The van der Waals surface area contributed by atoms with Crippen molar-refractivity contribution in [2.45, 2.75) is 19.5 Å². The molecule has 2 rings (SSSR count).